The number of primary amides is 1. The van der Waals surface area contributed by atoms with E-state index in [0.29, 0.717) is 5.56 Å². The molecule has 0 spiro atoms. The third-order valence-electron chi connectivity index (χ3n) is 1.75. The highest BCUT2D eigenvalue weighted by Crippen LogP contribution is 2.10. The van der Waals surface area contributed by atoms with Crippen LogP contribution in [0.25, 0.3) is 0 Å². The third kappa shape index (κ3) is 1.84. The summed E-state index contributed by atoms with van der Waals surface area (Å²) < 4.78 is 0. The second-order valence-electron chi connectivity index (χ2n) is 2.70. The topological polar surface area (TPSA) is 80.4 Å². The largest absolute Gasteiger partial charge is 0.478 e. The van der Waals surface area contributed by atoms with Gasteiger partial charge in [0.05, 0.1) is 5.56 Å². The Morgan fingerprint density at radius 3 is 2.46 bits per heavy atom. The molecule has 4 nitrogen and oxygen atoms in total. The van der Waals surface area contributed by atoms with Crippen LogP contribution in [0.4, 0.5) is 0 Å². The molecule has 1 aromatic rings. The molecule has 0 saturated heterocycles. The van der Waals surface area contributed by atoms with Gasteiger partial charge in [-0.3, -0.25) is 4.79 Å². The lowest BCUT2D eigenvalue weighted by Crippen LogP contribution is -2.12. The van der Waals surface area contributed by atoms with Crippen molar-refractivity contribution in [1.82, 2.24) is 0 Å². The molecule has 1 amide bonds. The van der Waals surface area contributed by atoms with Crippen molar-refractivity contribution in [2.75, 3.05) is 0 Å². The Morgan fingerprint density at radius 2 is 2.00 bits per heavy atom. The first kappa shape index (κ1) is 9.25. The molecule has 0 radical (unpaired) electrons. The molecule has 0 unspecified atom stereocenters. The van der Waals surface area contributed by atoms with Crippen LogP contribution in [0.1, 0.15) is 26.3 Å². The van der Waals surface area contributed by atoms with E-state index in [1.165, 1.54) is 12.1 Å². The number of benzene rings is 1. The molecular weight excluding hydrogens is 170 g/mol. The monoisotopic (exact) mass is 179 g/mol. The van der Waals surface area contributed by atoms with Gasteiger partial charge in [-0.15, -0.1) is 0 Å². The van der Waals surface area contributed by atoms with Gasteiger partial charge in [0.1, 0.15) is 0 Å². The fraction of sp³-hybridized carbons (Fsp3) is 0.111. The summed E-state index contributed by atoms with van der Waals surface area (Å²) in [6.07, 6.45) is 0. The lowest BCUT2D eigenvalue weighted by molar-refractivity contribution is 0.0696. The van der Waals surface area contributed by atoms with Gasteiger partial charge in [-0.05, 0) is 24.6 Å². The number of carboxylic acids is 1. The Bertz CT molecular complexity index is 371. The number of carboxylic acid groups (broad SMARTS) is 1. The quantitative estimate of drug-likeness (QED) is 0.704. The number of nitrogens with two attached hydrogens (primary N) is 1. The zero-order valence-corrected chi connectivity index (χ0v) is 7.07. The Labute approximate surface area is 75.0 Å². The number of aryl methyl sites for hydroxylation is 1. The molecule has 0 aliphatic rings. The molecule has 0 bridgehead atoms. The molecule has 0 atom stereocenters. The highest BCUT2D eigenvalue weighted by Gasteiger charge is 2.09. The fourth-order valence-corrected chi connectivity index (χ4v) is 1.01. The molecular formula is C9H9NO3. The van der Waals surface area contributed by atoms with E-state index in [2.05, 4.69) is 0 Å². The highest BCUT2D eigenvalue weighted by molar-refractivity contribution is 5.97. The molecule has 0 fully saturated rings. The molecule has 13 heavy (non-hydrogen) atoms. The van der Waals surface area contributed by atoms with Crippen molar-refractivity contribution in [2.45, 2.75) is 6.92 Å². The van der Waals surface area contributed by atoms with E-state index < -0.39 is 11.9 Å². The van der Waals surface area contributed by atoms with Gasteiger partial charge in [-0.25, -0.2) is 4.79 Å². The molecule has 0 saturated carbocycles. The van der Waals surface area contributed by atoms with Gasteiger partial charge in [-0.2, -0.15) is 0 Å². The lowest BCUT2D eigenvalue weighted by atomic mass is 10.1. The van der Waals surface area contributed by atoms with E-state index in [-0.39, 0.29) is 11.1 Å². The fourth-order valence-electron chi connectivity index (χ4n) is 1.01. The van der Waals surface area contributed by atoms with Gasteiger partial charge >= 0.3 is 5.97 Å². The van der Waals surface area contributed by atoms with E-state index in [1.807, 2.05) is 0 Å². The number of carbonyl (C=O) groups is 2. The maximum absolute atomic E-state index is 10.7. The number of rotatable bonds is 2. The summed E-state index contributed by atoms with van der Waals surface area (Å²) in [7, 11) is 0. The molecule has 0 aromatic heterocycles. The Balaban J connectivity index is 3.27. The lowest BCUT2D eigenvalue weighted by Gasteiger charge is -2.01. The summed E-state index contributed by atoms with van der Waals surface area (Å²) in [5.41, 5.74) is 5.93. The SMILES string of the molecule is Cc1ccc(C(N)=O)cc1C(=O)O. The molecule has 1 aromatic carbocycles. The molecule has 3 N–H and O–H groups in total. The number of hydrogen-bond acceptors (Lipinski definition) is 2. The maximum Gasteiger partial charge on any atom is 0.335 e. The van der Waals surface area contributed by atoms with Crippen LogP contribution in [0.5, 0.6) is 0 Å². The normalized spacial score (nSPS) is 9.62. The predicted octanol–water partition coefficient (Wildman–Crippen LogP) is 0.792. The first-order chi connectivity index (χ1) is 6.02. The summed E-state index contributed by atoms with van der Waals surface area (Å²) >= 11 is 0. The molecule has 0 aliphatic heterocycles. The Hall–Kier alpha value is -1.84. The minimum atomic E-state index is -1.06. The number of hydrogen-bond donors (Lipinski definition) is 2. The van der Waals surface area contributed by atoms with Gasteiger partial charge in [0.25, 0.3) is 0 Å². The van der Waals surface area contributed by atoms with Crippen LogP contribution in [0.15, 0.2) is 18.2 Å². The van der Waals surface area contributed by atoms with Crippen molar-refractivity contribution in [3.05, 3.63) is 34.9 Å². The predicted molar refractivity (Wildman–Crippen MR) is 46.7 cm³/mol. The highest BCUT2D eigenvalue weighted by atomic mass is 16.4. The summed E-state index contributed by atoms with van der Waals surface area (Å²) in [5.74, 6) is -1.68. The van der Waals surface area contributed by atoms with E-state index in [9.17, 15) is 9.59 Å². The van der Waals surface area contributed by atoms with Crippen molar-refractivity contribution < 1.29 is 14.7 Å². The van der Waals surface area contributed by atoms with Crippen LogP contribution < -0.4 is 5.73 Å². The Morgan fingerprint density at radius 1 is 1.38 bits per heavy atom. The second-order valence-corrected chi connectivity index (χ2v) is 2.70. The average Bonchev–Trinajstić information content (AvgIpc) is 2.04. The van der Waals surface area contributed by atoms with Gasteiger partial charge < -0.3 is 10.8 Å². The van der Waals surface area contributed by atoms with Crippen LogP contribution >= 0.6 is 0 Å². The van der Waals surface area contributed by atoms with E-state index in [4.69, 9.17) is 10.8 Å². The molecule has 4 heteroatoms. The minimum absolute atomic E-state index is 0.108. The maximum atomic E-state index is 10.7. The Kier molecular flexibility index (Phi) is 2.32. The summed E-state index contributed by atoms with van der Waals surface area (Å²) in [5, 5.41) is 8.72. The van der Waals surface area contributed by atoms with E-state index in [1.54, 1.807) is 13.0 Å². The first-order valence-corrected chi connectivity index (χ1v) is 3.66. The van der Waals surface area contributed by atoms with Crippen LogP contribution in [-0.2, 0) is 0 Å². The number of amides is 1. The molecule has 1 rings (SSSR count). The van der Waals surface area contributed by atoms with Crippen molar-refractivity contribution in [1.29, 1.82) is 0 Å². The molecule has 0 aliphatic carbocycles. The van der Waals surface area contributed by atoms with Crippen molar-refractivity contribution in [3.8, 4) is 0 Å². The van der Waals surface area contributed by atoms with Crippen molar-refractivity contribution in [3.63, 3.8) is 0 Å². The van der Waals surface area contributed by atoms with Crippen LogP contribution in [0.3, 0.4) is 0 Å². The summed E-state index contributed by atoms with van der Waals surface area (Å²) in [4.78, 5) is 21.4. The zero-order valence-electron chi connectivity index (χ0n) is 7.07. The summed E-state index contributed by atoms with van der Waals surface area (Å²) in [6, 6.07) is 4.34. The van der Waals surface area contributed by atoms with Gasteiger partial charge in [0, 0.05) is 5.56 Å². The van der Waals surface area contributed by atoms with Crippen LogP contribution in [0, 0.1) is 6.92 Å². The number of carbonyl (C=O) groups excluding carboxylic acids is 1. The van der Waals surface area contributed by atoms with Gasteiger partial charge in [0.2, 0.25) is 5.91 Å². The minimum Gasteiger partial charge on any atom is -0.478 e. The van der Waals surface area contributed by atoms with Crippen LogP contribution in [0.2, 0.25) is 0 Å². The average molecular weight is 179 g/mol. The summed E-state index contributed by atoms with van der Waals surface area (Å²) in [6.45, 7) is 1.66. The van der Waals surface area contributed by atoms with E-state index >= 15 is 0 Å². The zero-order chi connectivity index (χ0) is 10.0. The van der Waals surface area contributed by atoms with Crippen molar-refractivity contribution >= 4 is 11.9 Å². The van der Waals surface area contributed by atoms with Crippen molar-refractivity contribution in [2.24, 2.45) is 5.73 Å². The standard InChI is InChI=1S/C9H9NO3/c1-5-2-3-6(8(10)11)4-7(5)9(12)13/h2-4H,1H3,(H2,10,11)(H,12,13). The first-order valence-electron chi connectivity index (χ1n) is 3.66. The van der Waals surface area contributed by atoms with Gasteiger partial charge in [0.15, 0.2) is 0 Å². The third-order valence-corrected chi connectivity index (χ3v) is 1.75. The van der Waals surface area contributed by atoms with Crippen LogP contribution in [-0.4, -0.2) is 17.0 Å². The van der Waals surface area contributed by atoms with E-state index in [0.717, 1.165) is 0 Å². The molecule has 68 valence electrons. The molecule has 0 heterocycles. The number of aromatic carboxylic acids is 1. The smallest absolute Gasteiger partial charge is 0.335 e. The van der Waals surface area contributed by atoms with Gasteiger partial charge in [-0.1, -0.05) is 6.07 Å². The second kappa shape index (κ2) is 3.26.